The molecule has 0 bridgehead atoms. The monoisotopic (exact) mass is 164 g/mol. The Morgan fingerprint density at radius 1 is 1.58 bits per heavy atom. The third-order valence-electron chi connectivity index (χ3n) is 1.99. The number of pyridine rings is 1. The van der Waals surface area contributed by atoms with Gasteiger partial charge in [0.05, 0.1) is 12.4 Å². The van der Waals surface area contributed by atoms with Crippen LogP contribution in [0.4, 0.5) is 0 Å². The largest absolute Gasteiger partial charge is 0.355 e. The first-order valence-electron chi connectivity index (χ1n) is 4.07. The average molecular weight is 164 g/mol. The summed E-state index contributed by atoms with van der Waals surface area (Å²) >= 11 is 0. The summed E-state index contributed by atoms with van der Waals surface area (Å²) in [5.41, 5.74) is 1.03. The third kappa shape index (κ3) is 1.47. The number of rotatable bonds is 1. The van der Waals surface area contributed by atoms with E-state index in [4.69, 9.17) is 4.74 Å². The molecule has 0 aliphatic carbocycles. The third-order valence-corrected chi connectivity index (χ3v) is 1.99. The zero-order valence-electron chi connectivity index (χ0n) is 7.10. The van der Waals surface area contributed by atoms with Crippen LogP contribution < -0.4 is 0 Å². The second-order valence-corrected chi connectivity index (χ2v) is 3.08. The van der Waals surface area contributed by atoms with Crippen LogP contribution in [0.2, 0.25) is 0 Å². The highest BCUT2D eigenvalue weighted by Gasteiger charge is 2.22. The maximum atomic E-state index is 5.51. The van der Waals surface area contributed by atoms with Gasteiger partial charge in [-0.3, -0.25) is 9.88 Å². The van der Waals surface area contributed by atoms with E-state index in [-0.39, 0.29) is 6.10 Å². The van der Waals surface area contributed by atoms with E-state index < -0.39 is 0 Å². The van der Waals surface area contributed by atoms with Gasteiger partial charge in [-0.15, -0.1) is 0 Å². The van der Waals surface area contributed by atoms with Crippen molar-refractivity contribution in [2.45, 2.75) is 6.10 Å². The van der Waals surface area contributed by atoms with Gasteiger partial charge in [0.15, 0.2) is 0 Å². The topological polar surface area (TPSA) is 25.4 Å². The summed E-state index contributed by atoms with van der Waals surface area (Å²) in [6, 6.07) is 5.91. The molecule has 1 aromatic heterocycles. The van der Waals surface area contributed by atoms with Crippen LogP contribution >= 0.6 is 0 Å². The molecule has 3 nitrogen and oxygen atoms in total. The predicted octanol–water partition coefficient (Wildman–Crippen LogP) is 1.04. The molecule has 0 N–H and O–H groups in total. The van der Waals surface area contributed by atoms with E-state index in [1.54, 1.807) is 6.20 Å². The van der Waals surface area contributed by atoms with Crippen molar-refractivity contribution in [1.29, 1.82) is 0 Å². The van der Waals surface area contributed by atoms with Crippen molar-refractivity contribution < 1.29 is 4.74 Å². The molecule has 0 saturated carbocycles. The maximum Gasteiger partial charge on any atom is 0.114 e. The molecule has 2 heterocycles. The van der Waals surface area contributed by atoms with E-state index >= 15 is 0 Å². The summed E-state index contributed by atoms with van der Waals surface area (Å²) in [7, 11) is 2.04. The minimum absolute atomic E-state index is 0.163. The molecule has 1 atom stereocenters. The van der Waals surface area contributed by atoms with Gasteiger partial charge in [0.25, 0.3) is 0 Å². The summed E-state index contributed by atoms with van der Waals surface area (Å²) in [5, 5.41) is 0. The first-order chi connectivity index (χ1) is 5.86. The number of ether oxygens (including phenoxy) is 1. The van der Waals surface area contributed by atoms with E-state index in [2.05, 4.69) is 9.88 Å². The van der Waals surface area contributed by atoms with Gasteiger partial charge in [-0.05, 0) is 19.2 Å². The van der Waals surface area contributed by atoms with Crippen molar-refractivity contribution in [3.05, 3.63) is 30.1 Å². The van der Waals surface area contributed by atoms with E-state index in [0.29, 0.717) is 6.73 Å². The van der Waals surface area contributed by atoms with Crippen molar-refractivity contribution in [1.82, 2.24) is 9.88 Å². The Labute approximate surface area is 72.0 Å². The van der Waals surface area contributed by atoms with Crippen molar-refractivity contribution in [2.75, 3.05) is 20.3 Å². The molecular formula is C9H12N2O. The Morgan fingerprint density at radius 3 is 3.08 bits per heavy atom. The normalized spacial score (nSPS) is 24.6. The molecule has 1 unspecified atom stereocenters. The average Bonchev–Trinajstić information content (AvgIpc) is 2.54. The zero-order chi connectivity index (χ0) is 8.39. The van der Waals surface area contributed by atoms with E-state index in [1.165, 1.54) is 0 Å². The number of aromatic nitrogens is 1. The highest BCUT2D eigenvalue weighted by atomic mass is 16.5. The van der Waals surface area contributed by atoms with E-state index in [0.717, 1.165) is 12.2 Å². The van der Waals surface area contributed by atoms with Crippen LogP contribution in [0, 0.1) is 0 Å². The van der Waals surface area contributed by atoms with Crippen molar-refractivity contribution in [3.8, 4) is 0 Å². The fraction of sp³-hybridized carbons (Fsp3) is 0.444. The molecule has 1 aliphatic heterocycles. The predicted molar refractivity (Wildman–Crippen MR) is 45.6 cm³/mol. The molecule has 3 heteroatoms. The van der Waals surface area contributed by atoms with Crippen LogP contribution in [0.5, 0.6) is 0 Å². The second-order valence-electron chi connectivity index (χ2n) is 3.08. The maximum absolute atomic E-state index is 5.51. The Bertz CT molecular complexity index is 250. The van der Waals surface area contributed by atoms with Crippen LogP contribution in [0.15, 0.2) is 24.4 Å². The molecule has 1 aromatic rings. The lowest BCUT2D eigenvalue weighted by atomic mass is 10.2. The SMILES string of the molecule is CN1COC(c2ccccn2)C1. The summed E-state index contributed by atoms with van der Waals surface area (Å²) in [6.45, 7) is 1.65. The highest BCUT2D eigenvalue weighted by Crippen LogP contribution is 2.20. The number of hydrogen-bond acceptors (Lipinski definition) is 3. The lowest BCUT2D eigenvalue weighted by Crippen LogP contribution is -2.13. The Kier molecular flexibility index (Phi) is 2.06. The number of hydrogen-bond donors (Lipinski definition) is 0. The van der Waals surface area contributed by atoms with Crippen LogP contribution in [-0.2, 0) is 4.74 Å². The molecule has 1 aliphatic rings. The zero-order valence-corrected chi connectivity index (χ0v) is 7.10. The van der Waals surface area contributed by atoms with Gasteiger partial charge in [-0.25, -0.2) is 0 Å². The molecule has 0 radical (unpaired) electrons. The minimum Gasteiger partial charge on any atom is -0.355 e. The Morgan fingerprint density at radius 2 is 2.50 bits per heavy atom. The first-order valence-corrected chi connectivity index (χ1v) is 4.07. The van der Waals surface area contributed by atoms with Crippen molar-refractivity contribution in [2.24, 2.45) is 0 Å². The molecule has 64 valence electrons. The van der Waals surface area contributed by atoms with Crippen molar-refractivity contribution >= 4 is 0 Å². The van der Waals surface area contributed by atoms with E-state index in [9.17, 15) is 0 Å². The number of nitrogens with zero attached hydrogens (tertiary/aromatic N) is 2. The standard InChI is InChI=1S/C9H12N2O/c1-11-6-9(12-7-11)8-4-2-3-5-10-8/h2-5,9H,6-7H2,1H3. The highest BCUT2D eigenvalue weighted by molar-refractivity contribution is 5.08. The van der Waals surface area contributed by atoms with Crippen LogP contribution in [0.25, 0.3) is 0 Å². The first kappa shape index (κ1) is 7.71. The smallest absolute Gasteiger partial charge is 0.114 e. The Hall–Kier alpha value is -0.930. The summed E-state index contributed by atoms with van der Waals surface area (Å²) < 4.78 is 5.51. The van der Waals surface area contributed by atoms with Crippen molar-refractivity contribution in [3.63, 3.8) is 0 Å². The van der Waals surface area contributed by atoms with Gasteiger partial charge in [0.2, 0.25) is 0 Å². The molecule has 0 spiro atoms. The van der Waals surface area contributed by atoms with Gasteiger partial charge in [0.1, 0.15) is 6.10 Å². The van der Waals surface area contributed by atoms with Crippen LogP contribution in [0.3, 0.4) is 0 Å². The molecule has 2 rings (SSSR count). The minimum atomic E-state index is 0.163. The molecule has 0 amide bonds. The fourth-order valence-electron chi connectivity index (χ4n) is 1.35. The lowest BCUT2D eigenvalue weighted by molar-refractivity contribution is 0.0931. The van der Waals surface area contributed by atoms with Gasteiger partial charge in [0, 0.05) is 12.7 Å². The molecule has 1 saturated heterocycles. The fourth-order valence-corrected chi connectivity index (χ4v) is 1.35. The lowest BCUT2D eigenvalue weighted by Gasteiger charge is -2.06. The van der Waals surface area contributed by atoms with Gasteiger partial charge < -0.3 is 4.74 Å². The quantitative estimate of drug-likeness (QED) is 0.620. The molecule has 0 aromatic carbocycles. The van der Waals surface area contributed by atoms with Gasteiger partial charge in [-0.1, -0.05) is 6.07 Å². The van der Waals surface area contributed by atoms with E-state index in [1.807, 2.05) is 25.2 Å². The summed E-state index contributed by atoms with van der Waals surface area (Å²) in [4.78, 5) is 6.38. The van der Waals surface area contributed by atoms with Gasteiger partial charge >= 0.3 is 0 Å². The second kappa shape index (κ2) is 3.21. The Balaban J connectivity index is 2.11. The van der Waals surface area contributed by atoms with Crippen LogP contribution in [-0.4, -0.2) is 30.2 Å². The summed E-state index contributed by atoms with van der Waals surface area (Å²) in [5.74, 6) is 0. The van der Waals surface area contributed by atoms with Gasteiger partial charge in [-0.2, -0.15) is 0 Å². The molecule has 1 fully saturated rings. The summed E-state index contributed by atoms with van der Waals surface area (Å²) in [6.07, 6.45) is 1.97. The number of likely N-dealkylation sites (N-methyl/N-ethyl adjacent to an activating group) is 1. The molecular weight excluding hydrogens is 152 g/mol. The van der Waals surface area contributed by atoms with Crippen LogP contribution in [0.1, 0.15) is 11.8 Å². The molecule has 12 heavy (non-hydrogen) atoms.